The third-order valence-electron chi connectivity index (χ3n) is 3.74. The Kier molecular flexibility index (Phi) is 5.55. The fourth-order valence-electron chi connectivity index (χ4n) is 2.30. The van der Waals surface area contributed by atoms with Crippen LogP contribution in [0, 0.1) is 5.82 Å². The Balaban J connectivity index is 1.40. The van der Waals surface area contributed by atoms with Crippen LogP contribution in [0.15, 0.2) is 42.5 Å². The van der Waals surface area contributed by atoms with E-state index in [-0.39, 0.29) is 12.6 Å². The molecule has 1 heterocycles. The molecule has 0 saturated heterocycles. The van der Waals surface area contributed by atoms with Crippen LogP contribution in [0.4, 0.5) is 4.39 Å². The van der Waals surface area contributed by atoms with Crippen LogP contribution in [0.2, 0.25) is 0 Å². The van der Waals surface area contributed by atoms with Gasteiger partial charge in [0.15, 0.2) is 16.6 Å². The summed E-state index contributed by atoms with van der Waals surface area (Å²) in [5.74, 6) is 1.88. The second kappa shape index (κ2) is 8.02. The Morgan fingerprint density at radius 1 is 1.20 bits per heavy atom. The summed E-state index contributed by atoms with van der Waals surface area (Å²) >= 11 is 5.38. The van der Waals surface area contributed by atoms with E-state index in [0.717, 1.165) is 17.1 Å². The van der Waals surface area contributed by atoms with E-state index >= 15 is 0 Å². The molecule has 0 atom stereocenters. The summed E-state index contributed by atoms with van der Waals surface area (Å²) in [6.07, 6.45) is 0. The molecule has 0 aromatic heterocycles. The van der Waals surface area contributed by atoms with Crippen molar-refractivity contribution in [3.05, 3.63) is 53.8 Å². The van der Waals surface area contributed by atoms with E-state index in [1.54, 1.807) is 12.1 Å². The van der Waals surface area contributed by atoms with Crippen molar-refractivity contribution < 1.29 is 18.6 Å². The van der Waals surface area contributed by atoms with Gasteiger partial charge in [0.2, 0.25) is 6.79 Å². The maximum absolute atomic E-state index is 12.8. The number of halogens is 1. The number of ether oxygens (including phenoxy) is 3. The standard InChI is InChI=1S/C18H19FN2O3S/c1-21(8-9-22-15-5-3-14(19)4-6-15)18(25)20-11-13-2-7-16-17(10-13)24-12-23-16/h2-7,10H,8-9,11-12H2,1H3,(H,20,25). The number of rotatable bonds is 6. The molecular formula is C18H19FN2O3S. The largest absolute Gasteiger partial charge is 0.492 e. The van der Waals surface area contributed by atoms with Crippen LogP contribution < -0.4 is 19.5 Å². The van der Waals surface area contributed by atoms with Crippen molar-refractivity contribution in [3.8, 4) is 17.2 Å². The molecule has 2 aromatic rings. The summed E-state index contributed by atoms with van der Waals surface area (Å²) in [4.78, 5) is 1.89. The van der Waals surface area contributed by atoms with Gasteiger partial charge in [-0.2, -0.15) is 0 Å². The fraction of sp³-hybridized carbons (Fsp3) is 0.278. The van der Waals surface area contributed by atoms with Crippen LogP contribution in [-0.2, 0) is 6.54 Å². The van der Waals surface area contributed by atoms with Crippen LogP contribution in [0.25, 0.3) is 0 Å². The molecule has 0 spiro atoms. The van der Waals surface area contributed by atoms with Gasteiger partial charge < -0.3 is 24.4 Å². The molecule has 0 bridgehead atoms. The van der Waals surface area contributed by atoms with E-state index < -0.39 is 0 Å². The first-order valence-corrected chi connectivity index (χ1v) is 8.28. The average molecular weight is 362 g/mol. The maximum Gasteiger partial charge on any atom is 0.231 e. The molecule has 25 heavy (non-hydrogen) atoms. The van der Waals surface area contributed by atoms with Gasteiger partial charge in [0.1, 0.15) is 18.2 Å². The Morgan fingerprint density at radius 2 is 1.96 bits per heavy atom. The summed E-state index contributed by atoms with van der Waals surface area (Å²) in [5, 5.41) is 3.83. The Labute approximate surface area is 151 Å². The molecule has 3 rings (SSSR count). The highest BCUT2D eigenvalue weighted by Gasteiger charge is 2.13. The Hall–Kier alpha value is -2.54. The molecule has 0 saturated carbocycles. The highest BCUT2D eigenvalue weighted by Crippen LogP contribution is 2.32. The number of hydrogen-bond donors (Lipinski definition) is 1. The van der Waals surface area contributed by atoms with Gasteiger partial charge in [-0.25, -0.2) is 4.39 Å². The minimum atomic E-state index is -0.279. The monoisotopic (exact) mass is 362 g/mol. The van der Waals surface area contributed by atoms with Gasteiger partial charge in [-0.15, -0.1) is 0 Å². The van der Waals surface area contributed by atoms with Crippen LogP contribution in [0.3, 0.4) is 0 Å². The average Bonchev–Trinajstić information content (AvgIpc) is 3.09. The number of benzene rings is 2. The number of fused-ring (bicyclic) bond motifs is 1. The van der Waals surface area contributed by atoms with Crippen LogP contribution in [-0.4, -0.2) is 37.0 Å². The second-order valence-electron chi connectivity index (χ2n) is 5.57. The fourth-order valence-corrected chi connectivity index (χ4v) is 2.46. The smallest absolute Gasteiger partial charge is 0.231 e. The number of thiocarbonyl (C=S) groups is 1. The predicted molar refractivity (Wildman–Crippen MR) is 96.5 cm³/mol. The van der Waals surface area contributed by atoms with Crippen molar-refractivity contribution in [2.24, 2.45) is 0 Å². The van der Waals surface area contributed by atoms with E-state index in [1.807, 2.05) is 30.1 Å². The predicted octanol–water partition coefficient (Wildman–Crippen LogP) is 2.94. The summed E-state index contributed by atoms with van der Waals surface area (Å²) in [6, 6.07) is 11.8. The molecule has 0 aliphatic carbocycles. The van der Waals surface area contributed by atoms with E-state index in [0.29, 0.717) is 30.6 Å². The molecule has 0 fully saturated rings. The lowest BCUT2D eigenvalue weighted by Gasteiger charge is -2.21. The molecule has 132 valence electrons. The van der Waals surface area contributed by atoms with Crippen LogP contribution in [0.1, 0.15) is 5.56 Å². The van der Waals surface area contributed by atoms with Gasteiger partial charge in [0.05, 0.1) is 6.54 Å². The Bertz CT molecular complexity index is 740. The SMILES string of the molecule is CN(CCOc1ccc(F)cc1)C(=S)NCc1ccc2c(c1)OCO2. The third kappa shape index (κ3) is 4.73. The van der Waals surface area contributed by atoms with E-state index in [1.165, 1.54) is 12.1 Å². The zero-order chi connectivity index (χ0) is 17.6. The molecule has 7 heteroatoms. The molecule has 0 unspecified atom stereocenters. The number of hydrogen-bond acceptors (Lipinski definition) is 4. The van der Waals surface area contributed by atoms with Crippen molar-refractivity contribution in [1.82, 2.24) is 10.2 Å². The third-order valence-corrected chi connectivity index (χ3v) is 4.19. The van der Waals surface area contributed by atoms with Crippen molar-refractivity contribution in [2.75, 3.05) is 27.0 Å². The molecule has 1 aliphatic rings. The molecule has 1 aliphatic heterocycles. The molecule has 5 nitrogen and oxygen atoms in total. The molecule has 1 N–H and O–H groups in total. The van der Waals surface area contributed by atoms with E-state index in [9.17, 15) is 4.39 Å². The van der Waals surface area contributed by atoms with Crippen molar-refractivity contribution >= 4 is 17.3 Å². The quantitative estimate of drug-likeness (QED) is 0.797. The number of nitrogens with one attached hydrogen (secondary N) is 1. The lowest BCUT2D eigenvalue weighted by molar-refractivity contribution is 0.174. The molecular weight excluding hydrogens is 343 g/mol. The van der Waals surface area contributed by atoms with E-state index in [4.69, 9.17) is 26.4 Å². The first-order valence-electron chi connectivity index (χ1n) is 7.88. The highest BCUT2D eigenvalue weighted by atomic mass is 32.1. The normalized spacial score (nSPS) is 11.9. The lowest BCUT2D eigenvalue weighted by atomic mass is 10.2. The van der Waals surface area contributed by atoms with Gasteiger partial charge in [0, 0.05) is 13.6 Å². The van der Waals surface area contributed by atoms with Crippen molar-refractivity contribution in [2.45, 2.75) is 6.54 Å². The highest BCUT2D eigenvalue weighted by molar-refractivity contribution is 7.80. The molecule has 0 radical (unpaired) electrons. The van der Waals surface area contributed by atoms with Crippen molar-refractivity contribution in [1.29, 1.82) is 0 Å². The summed E-state index contributed by atoms with van der Waals surface area (Å²) in [5.41, 5.74) is 1.06. The zero-order valence-corrected chi connectivity index (χ0v) is 14.6. The summed E-state index contributed by atoms with van der Waals surface area (Å²) in [7, 11) is 1.89. The minimum absolute atomic E-state index is 0.265. The van der Waals surface area contributed by atoms with Gasteiger partial charge in [-0.3, -0.25) is 0 Å². The maximum atomic E-state index is 12.8. The number of likely N-dealkylation sites (N-methyl/N-ethyl adjacent to an activating group) is 1. The van der Waals surface area contributed by atoms with Crippen molar-refractivity contribution in [3.63, 3.8) is 0 Å². The molecule has 2 aromatic carbocycles. The zero-order valence-electron chi connectivity index (χ0n) is 13.8. The number of nitrogens with zero attached hydrogens (tertiary/aromatic N) is 1. The van der Waals surface area contributed by atoms with Gasteiger partial charge in [-0.1, -0.05) is 6.07 Å². The van der Waals surface area contributed by atoms with Gasteiger partial charge in [0.25, 0.3) is 0 Å². The van der Waals surface area contributed by atoms with E-state index in [2.05, 4.69) is 5.32 Å². The minimum Gasteiger partial charge on any atom is -0.492 e. The first-order chi connectivity index (χ1) is 12.1. The second-order valence-corrected chi connectivity index (χ2v) is 5.96. The summed E-state index contributed by atoms with van der Waals surface area (Å²) in [6.45, 7) is 1.93. The van der Waals surface area contributed by atoms with Crippen LogP contribution in [0.5, 0.6) is 17.2 Å². The molecule has 0 amide bonds. The first kappa shape index (κ1) is 17.3. The summed E-state index contributed by atoms with van der Waals surface area (Å²) < 4.78 is 29.1. The lowest BCUT2D eigenvalue weighted by Crippen LogP contribution is -2.38. The topological polar surface area (TPSA) is 43.0 Å². The van der Waals surface area contributed by atoms with Gasteiger partial charge in [-0.05, 0) is 54.2 Å². The van der Waals surface area contributed by atoms with Crippen LogP contribution >= 0.6 is 12.2 Å². The Morgan fingerprint density at radius 3 is 2.76 bits per heavy atom. The van der Waals surface area contributed by atoms with Gasteiger partial charge >= 0.3 is 0 Å².